The van der Waals surface area contributed by atoms with Crippen molar-refractivity contribution in [2.24, 2.45) is 0 Å². The highest BCUT2D eigenvalue weighted by molar-refractivity contribution is 9.10. The Balaban J connectivity index is 1.70. The van der Waals surface area contributed by atoms with Crippen molar-refractivity contribution in [2.75, 3.05) is 31.5 Å². The summed E-state index contributed by atoms with van der Waals surface area (Å²) in [4.78, 5) is 2.33. The van der Waals surface area contributed by atoms with E-state index in [1.165, 1.54) is 11.3 Å². The lowest BCUT2D eigenvalue weighted by Gasteiger charge is -2.16. The predicted molar refractivity (Wildman–Crippen MR) is 79.0 cm³/mol. The lowest BCUT2D eigenvalue weighted by molar-refractivity contribution is 0.176. The largest absolute Gasteiger partial charge is 0.392 e. The number of aliphatic hydroxyl groups excluding tert-OH is 1. The molecular weight excluding hydrogens is 292 g/mol. The van der Waals surface area contributed by atoms with E-state index in [0.29, 0.717) is 0 Å². The van der Waals surface area contributed by atoms with E-state index in [2.05, 4.69) is 51.3 Å². The summed E-state index contributed by atoms with van der Waals surface area (Å²) in [5.74, 6) is 0. The van der Waals surface area contributed by atoms with Crippen LogP contribution in [0, 0.1) is 6.92 Å². The van der Waals surface area contributed by atoms with Crippen LogP contribution in [0.1, 0.15) is 18.4 Å². The molecule has 1 aromatic rings. The zero-order valence-corrected chi connectivity index (χ0v) is 12.4. The highest BCUT2D eigenvalue weighted by atomic mass is 79.9. The highest BCUT2D eigenvalue weighted by Gasteiger charge is 2.18. The van der Waals surface area contributed by atoms with Gasteiger partial charge in [0.1, 0.15) is 0 Å². The number of benzene rings is 1. The van der Waals surface area contributed by atoms with Gasteiger partial charge < -0.3 is 15.3 Å². The number of rotatable bonds is 5. The first-order chi connectivity index (χ1) is 8.66. The van der Waals surface area contributed by atoms with E-state index < -0.39 is 0 Å². The summed E-state index contributed by atoms with van der Waals surface area (Å²) in [5.41, 5.74) is 2.46. The number of hydrogen-bond acceptors (Lipinski definition) is 3. The Morgan fingerprint density at radius 3 is 3.06 bits per heavy atom. The molecule has 1 aliphatic rings. The van der Waals surface area contributed by atoms with Gasteiger partial charge in [-0.05, 0) is 44.0 Å². The molecule has 1 unspecified atom stereocenters. The van der Waals surface area contributed by atoms with Gasteiger partial charge in [0.05, 0.1) is 6.10 Å². The lowest BCUT2D eigenvalue weighted by Crippen LogP contribution is -2.24. The van der Waals surface area contributed by atoms with Crippen molar-refractivity contribution in [1.29, 1.82) is 0 Å². The topological polar surface area (TPSA) is 35.5 Å². The minimum atomic E-state index is -0.106. The van der Waals surface area contributed by atoms with Crippen molar-refractivity contribution in [3.63, 3.8) is 0 Å². The van der Waals surface area contributed by atoms with Crippen molar-refractivity contribution in [3.05, 3.63) is 28.2 Å². The predicted octanol–water partition coefficient (Wildman–Crippen LogP) is 2.63. The molecule has 1 atom stereocenters. The van der Waals surface area contributed by atoms with Gasteiger partial charge in [0.15, 0.2) is 0 Å². The summed E-state index contributed by atoms with van der Waals surface area (Å²) in [5, 5.41) is 12.9. The lowest BCUT2D eigenvalue weighted by atomic mass is 10.2. The average molecular weight is 313 g/mol. The van der Waals surface area contributed by atoms with Crippen molar-refractivity contribution in [3.8, 4) is 0 Å². The summed E-state index contributed by atoms with van der Waals surface area (Å²) >= 11 is 3.54. The molecule has 1 heterocycles. The van der Waals surface area contributed by atoms with Crippen LogP contribution in [-0.2, 0) is 0 Å². The smallest absolute Gasteiger partial charge is 0.0679 e. The number of likely N-dealkylation sites (tertiary alicyclic amines) is 1. The fourth-order valence-corrected chi connectivity index (χ4v) is 2.71. The van der Waals surface area contributed by atoms with Crippen LogP contribution in [0.15, 0.2) is 22.7 Å². The van der Waals surface area contributed by atoms with E-state index in [0.717, 1.165) is 43.5 Å². The van der Waals surface area contributed by atoms with Gasteiger partial charge in [-0.3, -0.25) is 0 Å². The van der Waals surface area contributed by atoms with Crippen molar-refractivity contribution in [1.82, 2.24) is 4.90 Å². The Hall–Kier alpha value is -0.580. The molecular formula is C14H21BrN2O. The Bertz CT molecular complexity index is 397. The van der Waals surface area contributed by atoms with Crippen molar-refractivity contribution < 1.29 is 5.11 Å². The maximum Gasteiger partial charge on any atom is 0.0679 e. The van der Waals surface area contributed by atoms with E-state index in [9.17, 15) is 5.11 Å². The minimum Gasteiger partial charge on any atom is -0.392 e. The van der Waals surface area contributed by atoms with Gasteiger partial charge in [-0.25, -0.2) is 0 Å². The second kappa shape index (κ2) is 6.55. The molecule has 0 saturated carbocycles. The molecule has 1 aliphatic heterocycles. The van der Waals surface area contributed by atoms with Crippen LogP contribution < -0.4 is 5.32 Å². The van der Waals surface area contributed by atoms with Crippen molar-refractivity contribution in [2.45, 2.75) is 25.9 Å². The molecule has 0 amide bonds. The minimum absolute atomic E-state index is 0.106. The zero-order valence-electron chi connectivity index (χ0n) is 10.8. The third kappa shape index (κ3) is 3.70. The van der Waals surface area contributed by atoms with E-state index in [4.69, 9.17) is 0 Å². The first-order valence-corrected chi connectivity index (χ1v) is 7.35. The molecule has 0 aliphatic carbocycles. The summed E-state index contributed by atoms with van der Waals surface area (Å²) in [6, 6.07) is 6.22. The number of aliphatic hydroxyl groups is 1. The fraction of sp³-hybridized carbons (Fsp3) is 0.571. The van der Waals surface area contributed by atoms with Crippen molar-refractivity contribution >= 4 is 21.6 Å². The molecule has 2 rings (SSSR count). The SMILES string of the molecule is Cc1c(Br)cccc1NCCCN1CCC(O)C1. The zero-order chi connectivity index (χ0) is 13.0. The Morgan fingerprint density at radius 1 is 1.50 bits per heavy atom. The van der Waals surface area contributed by atoms with Gasteiger partial charge >= 0.3 is 0 Å². The standard InChI is InChI=1S/C14H21BrN2O/c1-11-13(15)4-2-5-14(11)16-7-3-8-17-9-6-12(18)10-17/h2,4-5,12,16,18H,3,6-10H2,1H3. The van der Waals surface area contributed by atoms with E-state index in [1.807, 2.05) is 0 Å². The molecule has 100 valence electrons. The van der Waals surface area contributed by atoms with E-state index >= 15 is 0 Å². The first-order valence-electron chi connectivity index (χ1n) is 6.56. The summed E-state index contributed by atoms with van der Waals surface area (Å²) in [6.45, 7) is 6.04. The molecule has 1 aromatic carbocycles. The maximum absolute atomic E-state index is 9.44. The van der Waals surface area contributed by atoms with Crippen LogP contribution >= 0.6 is 15.9 Å². The Morgan fingerprint density at radius 2 is 2.33 bits per heavy atom. The van der Waals surface area contributed by atoms with Gasteiger partial charge in [-0.1, -0.05) is 22.0 Å². The normalized spacial score (nSPS) is 20.3. The Kier molecular flexibility index (Phi) is 5.03. The van der Waals surface area contributed by atoms with Gasteiger partial charge in [0.25, 0.3) is 0 Å². The monoisotopic (exact) mass is 312 g/mol. The van der Waals surface area contributed by atoms with E-state index in [-0.39, 0.29) is 6.10 Å². The number of nitrogens with one attached hydrogen (secondary N) is 1. The van der Waals surface area contributed by atoms with Crippen LogP contribution in [0.3, 0.4) is 0 Å². The molecule has 4 heteroatoms. The second-order valence-electron chi connectivity index (χ2n) is 4.94. The number of hydrogen-bond donors (Lipinski definition) is 2. The van der Waals surface area contributed by atoms with Crippen LogP contribution in [0.5, 0.6) is 0 Å². The maximum atomic E-state index is 9.44. The number of nitrogens with zero attached hydrogens (tertiary/aromatic N) is 1. The number of anilines is 1. The van der Waals surface area contributed by atoms with Crippen LogP contribution in [0.25, 0.3) is 0 Å². The van der Waals surface area contributed by atoms with Crippen LogP contribution in [-0.4, -0.2) is 42.3 Å². The third-order valence-corrected chi connectivity index (χ3v) is 4.34. The quantitative estimate of drug-likeness (QED) is 0.820. The summed E-state index contributed by atoms with van der Waals surface area (Å²) in [6.07, 6.45) is 1.93. The van der Waals surface area contributed by atoms with E-state index in [1.54, 1.807) is 0 Å². The van der Waals surface area contributed by atoms with Gasteiger partial charge in [0.2, 0.25) is 0 Å². The second-order valence-corrected chi connectivity index (χ2v) is 5.79. The molecule has 1 fully saturated rings. The molecule has 0 aromatic heterocycles. The number of β-amino-alcohol motifs (C(OH)–C–C–N with tert-alkyl or cyclic N) is 1. The molecule has 0 bridgehead atoms. The fourth-order valence-electron chi connectivity index (χ4n) is 2.34. The molecule has 1 saturated heterocycles. The van der Waals surface area contributed by atoms with Crippen LogP contribution in [0.2, 0.25) is 0 Å². The van der Waals surface area contributed by atoms with Gasteiger partial charge in [0, 0.05) is 29.8 Å². The molecule has 0 radical (unpaired) electrons. The Labute approximate surface area is 117 Å². The van der Waals surface area contributed by atoms with Crippen LogP contribution in [0.4, 0.5) is 5.69 Å². The highest BCUT2D eigenvalue weighted by Crippen LogP contribution is 2.23. The summed E-state index contributed by atoms with van der Waals surface area (Å²) in [7, 11) is 0. The summed E-state index contributed by atoms with van der Waals surface area (Å²) < 4.78 is 1.15. The molecule has 0 spiro atoms. The molecule has 3 nitrogen and oxygen atoms in total. The van der Waals surface area contributed by atoms with Gasteiger partial charge in [-0.2, -0.15) is 0 Å². The average Bonchev–Trinajstić information content (AvgIpc) is 2.76. The van der Waals surface area contributed by atoms with Gasteiger partial charge in [-0.15, -0.1) is 0 Å². The molecule has 2 N–H and O–H groups in total. The number of halogens is 1. The third-order valence-electron chi connectivity index (χ3n) is 3.48. The molecule has 18 heavy (non-hydrogen) atoms. The first kappa shape index (κ1) is 13.8.